The van der Waals surface area contributed by atoms with Crippen molar-refractivity contribution < 1.29 is 14.2 Å². The van der Waals surface area contributed by atoms with E-state index in [2.05, 4.69) is 36.4 Å². The number of nitrogen functional groups attached to an aromatic ring is 6. The first-order chi connectivity index (χ1) is 22.2. The highest BCUT2D eigenvalue weighted by atomic mass is 31.1. The Kier molecular flexibility index (Phi) is 8.41. The molecular formula is C36H33N6O3P. The molecule has 0 radical (unpaired) electrons. The fraction of sp³-hybridized carbons (Fsp3) is 0. The van der Waals surface area contributed by atoms with Crippen LogP contribution in [0, 0.1) is 0 Å². The van der Waals surface area contributed by atoms with Crippen LogP contribution in [0.15, 0.2) is 127 Å². The summed E-state index contributed by atoms with van der Waals surface area (Å²) in [7, 11) is -0.983. The number of hydrogen-bond donors (Lipinski definition) is 6. The van der Waals surface area contributed by atoms with Crippen molar-refractivity contribution in [3.05, 3.63) is 127 Å². The number of anilines is 6. The van der Waals surface area contributed by atoms with Gasteiger partial charge in [-0.15, -0.1) is 0 Å². The summed E-state index contributed by atoms with van der Waals surface area (Å²) in [4.78, 5) is 0. The van der Waals surface area contributed by atoms with Crippen molar-refractivity contribution in [3.8, 4) is 34.5 Å². The number of nitrogens with two attached hydrogens (primary N) is 6. The molecule has 0 saturated heterocycles. The maximum Gasteiger partial charge on any atom is 0.150 e. The molecule has 0 heterocycles. The Balaban J connectivity index is 1.29. The summed E-state index contributed by atoms with van der Waals surface area (Å²) >= 11 is 0. The molecule has 6 aromatic carbocycles. The number of rotatable bonds is 9. The Morgan fingerprint density at radius 3 is 0.826 bits per heavy atom. The van der Waals surface area contributed by atoms with Crippen LogP contribution in [-0.4, -0.2) is 0 Å². The number of hydrogen-bond acceptors (Lipinski definition) is 9. The largest absolute Gasteiger partial charge is 0.455 e. The molecule has 0 saturated carbocycles. The molecule has 0 spiro atoms. The first-order valence-electron chi connectivity index (χ1n) is 14.3. The normalized spacial score (nSPS) is 10.9. The molecule has 0 aromatic heterocycles. The van der Waals surface area contributed by atoms with E-state index in [0.717, 1.165) is 15.9 Å². The Hall–Kier alpha value is -6.05. The molecule has 9 nitrogen and oxygen atoms in total. The molecule has 0 unspecified atom stereocenters. The van der Waals surface area contributed by atoms with Gasteiger partial charge in [0.2, 0.25) is 0 Å². The Morgan fingerprint density at radius 1 is 0.326 bits per heavy atom. The van der Waals surface area contributed by atoms with Crippen molar-refractivity contribution in [2.45, 2.75) is 0 Å². The van der Waals surface area contributed by atoms with Crippen molar-refractivity contribution in [1.82, 2.24) is 0 Å². The number of ether oxygens (including phenoxy) is 3. The van der Waals surface area contributed by atoms with E-state index in [9.17, 15) is 0 Å². The Bertz CT molecular complexity index is 1750. The summed E-state index contributed by atoms with van der Waals surface area (Å²) in [5.41, 5.74) is 39.0. The molecule has 0 aliphatic carbocycles. The van der Waals surface area contributed by atoms with Crippen LogP contribution in [0.25, 0.3) is 0 Å². The van der Waals surface area contributed by atoms with Gasteiger partial charge < -0.3 is 48.6 Å². The summed E-state index contributed by atoms with van der Waals surface area (Å²) < 4.78 is 18.1. The van der Waals surface area contributed by atoms with Gasteiger partial charge in [-0.05, 0) is 115 Å². The fourth-order valence-electron chi connectivity index (χ4n) is 4.80. The van der Waals surface area contributed by atoms with E-state index in [-0.39, 0.29) is 0 Å². The van der Waals surface area contributed by atoms with Gasteiger partial charge in [0.25, 0.3) is 0 Å². The lowest BCUT2D eigenvalue weighted by molar-refractivity contribution is 0.485. The highest BCUT2D eigenvalue weighted by Crippen LogP contribution is 2.37. The van der Waals surface area contributed by atoms with Gasteiger partial charge >= 0.3 is 0 Å². The summed E-state index contributed by atoms with van der Waals surface area (Å²) in [6.07, 6.45) is 0. The van der Waals surface area contributed by atoms with E-state index in [1.54, 1.807) is 54.6 Å². The van der Waals surface area contributed by atoms with E-state index >= 15 is 0 Å². The molecule has 0 bridgehead atoms. The van der Waals surface area contributed by atoms with Crippen molar-refractivity contribution in [3.63, 3.8) is 0 Å². The van der Waals surface area contributed by atoms with E-state index in [1.807, 2.05) is 36.4 Å². The standard InChI is InChI=1S/C36H33N6O3P/c37-22-1-16-34(31(40)19-22)43-25-4-10-28(11-5-25)46(29-12-6-26(7-13-29)44-35-17-2-23(38)20-32(35)41)30-14-8-27(9-15-30)45-36-18-3-24(39)21-33(36)42/h1-21H,37-42H2. The van der Waals surface area contributed by atoms with Crippen LogP contribution in [0.2, 0.25) is 0 Å². The molecule has 0 aliphatic heterocycles. The predicted molar refractivity (Wildman–Crippen MR) is 191 cm³/mol. The van der Waals surface area contributed by atoms with Crippen LogP contribution in [-0.2, 0) is 0 Å². The first-order valence-corrected chi connectivity index (χ1v) is 15.6. The first kappa shape index (κ1) is 30.0. The summed E-state index contributed by atoms with van der Waals surface area (Å²) in [5.74, 6) is 3.59. The van der Waals surface area contributed by atoms with E-state index in [1.165, 1.54) is 0 Å². The Morgan fingerprint density at radius 2 is 0.587 bits per heavy atom. The lowest BCUT2D eigenvalue weighted by Crippen LogP contribution is -2.20. The van der Waals surface area contributed by atoms with Crippen molar-refractivity contribution >= 4 is 58.0 Å². The maximum atomic E-state index is 6.10. The van der Waals surface area contributed by atoms with Gasteiger partial charge in [-0.3, -0.25) is 0 Å². The summed E-state index contributed by atoms with van der Waals surface area (Å²) in [6, 6.07) is 39.5. The van der Waals surface area contributed by atoms with Crippen LogP contribution in [0.4, 0.5) is 34.1 Å². The lowest BCUT2D eigenvalue weighted by atomic mass is 10.2. The molecule has 46 heavy (non-hydrogen) atoms. The quantitative estimate of drug-likeness (QED) is 0.0788. The average molecular weight is 629 g/mol. The molecule has 6 aromatic rings. The van der Waals surface area contributed by atoms with Crippen molar-refractivity contribution in [1.29, 1.82) is 0 Å². The topological polar surface area (TPSA) is 184 Å². The van der Waals surface area contributed by atoms with Gasteiger partial charge in [0.1, 0.15) is 34.5 Å². The minimum atomic E-state index is -0.983. The third-order valence-corrected chi connectivity index (χ3v) is 9.51. The smallest absolute Gasteiger partial charge is 0.150 e. The molecule has 12 N–H and O–H groups in total. The van der Waals surface area contributed by atoms with Crippen molar-refractivity contribution in [2.24, 2.45) is 0 Å². The van der Waals surface area contributed by atoms with Gasteiger partial charge in [0.05, 0.1) is 17.1 Å². The van der Waals surface area contributed by atoms with Gasteiger partial charge in [-0.2, -0.15) is 0 Å². The predicted octanol–water partition coefficient (Wildman–Crippen LogP) is 6.31. The van der Waals surface area contributed by atoms with Gasteiger partial charge in [0, 0.05) is 17.1 Å². The van der Waals surface area contributed by atoms with Crippen LogP contribution in [0.3, 0.4) is 0 Å². The van der Waals surface area contributed by atoms with E-state index < -0.39 is 7.92 Å². The van der Waals surface area contributed by atoms with E-state index in [4.69, 9.17) is 48.6 Å². The monoisotopic (exact) mass is 628 g/mol. The van der Waals surface area contributed by atoms with Gasteiger partial charge in [-0.1, -0.05) is 36.4 Å². The molecule has 0 aliphatic rings. The second-order valence-electron chi connectivity index (χ2n) is 10.5. The third kappa shape index (κ3) is 6.85. The van der Waals surface area contributed by atoms with Crippen LogP contribution in [0.1, 0.15) is 0 Å². The van der Waals surface area contributed by atoms with Crippen LogP contribution >= 0.6 is 7.92 Å². The highest BCUT2D eigenvalue weighted by molar-refractivity contribution is 7.79. The zero-order chi connectivity index (χ0) is 32.2. The Labute approximate surface area is 268 Å². The fourth-order valence-corrected chi connectivity index (χ4v) is 7.03. The number of benzene rings is 6. The molecule has 6 rings (SSSR count). The second kappa shape index (κ2) is 12.9. The second-order valence-corrected chi connectivity index (χ2v) is 12.7. The molecule has 0 amide bonds. The highest BCUT2D eigenvalue weighted by Gasteiger charge is 2.18. The summed E-state index contributed by atoms with van der Waals surface area (Å²) in [6.45, 7) is 0. The molecule has 0 fully saturated rings. The third-order valence-electron chi connectivity index (χ3n) is 7.07. The minimum absolute atomic E-state index is 0.470. The SMILES string of the molecule is Nc1ccc(Oc2ccc(P(c3ccc(Oc4ccc(N)cc4N)cc3)c3ccc(Oc4ccc(N)cc4N)cc3)cc2)c(N)c1. The van der Waals surface area contributed by atoms with Gasteiger partial charge in [-0.25, -0.2) is 0 Å². The zero-order valence-corrected chi connectivity index (χ0v) is 25.7. The molecule has 230 valence electrons. The molecule has 0 atom stereocenters. The van der Waals surface area contributed by atoms with Gasteiger partial charge in [0.15, 0.2) is 0 Å². The minimum Gasteiger partial charge on any atom is -0.455 e. The van der Waals surface area contributed by atoms with Crippen molar-refractivity contribution in [2.75, 3.05) is 34.4 Å². The molecule has 10 heteroatoms. The van der Waals surface area contributed by atoms with Crippen LogP contribution < -0.4 is 64.5 Å². The lowest BCUT2D eigenvalue weighted by Gasteiger charge is -2.21. The summed E-state index contributed by atoms with van der Waals surface area (Å²) in [5, 5.41) is 3.33. The zero-order valence-electron chi connectivity index (χ0n) is 24.8. The average Bonchev–Trinajstić information content (AvgIpc) is 3.04. The van der Waals surface area contributed by atoms with E-state index in [0.29, 0.717) is 68.6 Å². The van der Waals surface area contributed by atoms with Crippen LogP contribution in [0.5, 0.6) is 34.5 Å². The maximum absolute atomic E-state index is 6.10. The molecular weight excluding hydrogens is 595 g/mol.